The minimum Gasteiger partial charge on any atom is -0.293 e. The number of hydrogen-bond acceptors (Lipinski definition) is 2. The average Bonchev–Trinajstić information content (AvgIpc) is 2.31. The minimum atomic E-state index is 0.0456. The number of carbonyl (C=O) groups excluding carboxylic acids is 1. The Morgan fingerprint density at radius 3 is 2.62 bits per heavy atom. The van der Waals surface area contributed by atoms with E-state index in [1.54, 1.807) is 6.92 Å². The van der Waals surface area contributed by atoms with Crippen LogP contribution < -0.4 is 0 Å². The van der Waals surface area contributed by atoms with Gasteiger partial charge in [0.1, 0.15) is 5.69 Å². The third kappa shape index (κ3) is 2.91. The highest BCUT2D eigenvalue weighted by Gasteiger charge is 2.14. The first kappa shape index (κ1) is 11.3. The Balaban J connectivity index is 1.96. The smallest absolute Gasteiger partial charge is 0.178 e. The summed E-state index contributed by atoms with van der Waals surface area (Å²) in [6.07, 6.45) is 9.87. The van der Waals surface area contributed by atoms with Gasteiger partial charge in [-0.25, -0.2) is 0 Å². The molecule has 1 heterocycles. The van der Waals surface area contributed by atoms with Crippen molar-refractivity contribution in [3.8, 4) is 0 Å². The Labute approximate surface area is 97.1 Å². The van der Waals surface area contributed by atoms with Gasteiger partial charge in [0.15, 0.2) is 5.78 Å². The van der Waals surface area contributed by atoms with Gasteiger partial charge in [0.05, 0.1) is 0 Å². The molecule has 0 unspecified atom stereocenters. The van der Waals surface area contributed by atoms with E-state index in [4.69, 9.17) is 0 Å². The second kappa shape index (κ2) is 5.24. The molecule has 86 valence electrons. The lowest BCUT2D eigenvalue weighted by atomic mass is 9.85. The summed E-state index contributed by atoms with van der Waals surface area (Å²) in [5.74, 6) is 0.878. The van der Waals surface area contributed by atoms with Crippen LogP contribution in [0, 0.1) is 5.92 Å². The first-order valence-electron chi connectivity index (χ1n) is 6.21. The zero-order chi connectivity index (χ0) is 11.4. The van der Waals surface area contributed by atoms with Gasteiger partial charge < -0.3 is 0 Å². The summed E-state index contributed by atoms with van der Waals surface area (Å²) in [5, 5.41) is 0. The Kier molecular flexibility index (Phi) is 3.70. The van der Waals surface area contributed by atoms with Crippen LogP contribution in [0.15, 0.2) is 18.3 Å². The average molecular weight is 217 g/mol. The molecule has 0 spiro atoms. The van der Waals surface area contributed by atoms with Gasteiger partial charge in [-0.2, -0.15) is 0 Å². The van der Waals surface area contributed by atoms with Crippen LogP contribution in [0.1, 0.15) is 55.1 Å². The molecule has 0 atom stereocenters. The predicted molar refractivity (Wildman–Crippen MR) is 64.5 cm³/mol. The van der Waals surface area contributed by atoms with E-state index < -0.39 is 0 Å². The summed E-state index contributed by atoms with van der Waals surface area (Å²) in [4.78, 5) is 15.3. The number of hydrogen-bond donors (Lipinski definition) is 0. The lowest BCUT2D eigenvalue weighted by molar-refractivity contribution is 0.101. The lowest BCUT2D eigenvalue weighted by Crippen LogP contribution is -2.09. The van der Waals surface area contributed by atoms with Crippen molar-refractivity contribution in [3.05, 3.63) is 29.6 Å². The third-order valence-corrected chi connectivity index (χ3v) is 3.43. The van der Waals surface area contributed by atoms with E-state index in [0.29, 0.717) is 5.69 Å². The number of Topliss-reactive ketones (excluding diaryl/α,β-unsaturated/α-hetero) is 1. The SMILES string of the molecule is CC(=O)c1ccc(CC2CCCCC2)cn1. The van der Waals surface area contributed by atoms with Crippen molar-refractivity contribution in [2.75, 3.05) is 0 Å². The van der Waals surface area contributed by atoms with Crippen LogP contribution in [0.3, 0.4) is 0 Å². The fraction of sp³-hybridized carbons (Fsp3) is 0.571. The van der Waals surface area contributed by atoms with Crippen molar-refractivity contribution in [2.24, 2.45) is 5.92 Å². The molecule has 0 amide bonds. The molecule has 1 aliphatic carbocycles. The molecule has 0 N–H and O–H groups in total. The van der Waals surface area contributed by atoms with Crippen LogP contribution in [0.4, 0.5) is 0 Å². The van der Waals surface area contributed by atoms with Crippen molar-refractivity contribution < 1.29 is 4.79 Å². The molecule has 1 saturated carbocycles. The fourth-order valence-corrected chi connectivity index (χ4v) is 2.48. The highest BCUT2D eigenvalue weighted by molar-refractivity contribution is 5.91. The molecule has 1 aromatic rings. The first-order chi connectivity index (χ1) is 7.75. The van der Waals surface area contributed by atoms with E-state index in [1.807, 2.05) is 12.3 Å². The standard InChI is InChI=1S/C14H19NO/c1-11(16)14-8-7-13(10-15-14)9-12-5-3-2-4-6-12/h7-8,10,12H,2-6,9H2,1H3. The highest BCUT2D eigenvalue weighted by atomic mass is 16.1. The van der Waals surface area contributed by atoms with Crippen molar-refractivity contribution in [2.45, 2.75) is 45.4 Å². The second-order valence-corrected chi connectivity index (χ2v) is 4.82. The summed E-state index contributed by atoms with van der Waals surface area (Å²) in [7, 11) is 0. The molecule has 1 aromatic heterocycles. The van der Waals surface area contributed by atoms with Gasteiger partial charge in [-0.3, -0.25) is 9.78 Å². The molecule has 0 aliphatic heterocycles. The summed E-state index contributed by atoms with van der Waals surface area (Å²) in [6, 6.07) is 3.90. The molecule has 0 saturated heterocycles. The Hall–Kier alpha value is -1.18. The quantitative estimate of drug-likeness (QED) is 0.726. The van der Waals surface area contributed by atoms with E-state index in [1.165, 1.54) is 37.7 Å². The topological polar surface area (TPSA) is 30.0 Å². The van der Waals surface area contributed by atoms with Crippen LogP contribution in [-0.2, 0) is 6.42 Å². The number of carbonyl (C=O) groups is 1. The van der Waals surface area contributed by atoms with Crippen molar-refractivity contribution >= 4 is 5.78 Å². The monoisotopic (exact) mass is 217 g/mol. The summed E-state index contributed by atoms with van der Waals surface area (Å²) in [5.41, 5.74) is 1.85. The molecule has 1 fully saturated rings. The van der Waals surface area contributed by atoms with Crippen molar-refractivity contribution in [1.29, 1.82) is 0 Å². The first-order valence-corrected chi connectivity index (χ1v) is 6.21. The van der Waals surface area contributed by atoms with Gasteiger partial charge in [0, 0.05) is 13.1 Å². The van der Waals surface area contributed by atoms with Gasteiger partial charge in [-0.05, 0) is 24.0 Å². The molecule has 2 rings (SSSR count). The molecule has 0 bridgehead atoms. The number of aromatic nitrogens is 1. The van der Waals surface area contributed by atoms with Crippen LogP contribution in [0.25, 0.3) is 0 Å². The summed E-state index contributed by atoms with van der Waals surface area (Å²) < 4.78 is 0. The van der Waals surface area contributed by atoms with Gasteiger partial charge in [0.25, 0.3) is 0 Å². The maximum absolute atomic E-state index is 11.1. The molecule has 0 radical (unpaired) electrons. The zero-order valence-electron chi connectivity index (χ0n) is 9.91. The van der Waals surface area contributed by atoms with Crippen LogP contribution in [0.5, 0.6) is 0 Å². The highest BCUT2D eigenvalue weighted by Crippen LogP contribution is 2.26. The Morgan fingerprint density at radius 1 is 1.31 bits per heavy atom. The van der Waals surface area contributed by atoms with Crippen LogP contribution >= 0.6 is 0 Å². The van der Waals surface area contributed by atoms with E-state index in [-0.39, 0.29) is 5.78 Å². The predicted octanol–water partition coefficient (Wildman–Crippen LogP) is 3.41. The lowest BCUT2D eigenvalue weighted by Gasteiger charge is -2.21. The van der Waals surface area contributed by atoms with E-state index in [9.17, 15) is 4.79 Å². The second-order valence-electron chi connectivity index (χ2n) is 4.82. The molecule has 0 aromatic carbocycles. The molecule has 2 nitrogen and oxygen atoms in total. The number of nitrogens with zero attached hydrogens (tertiary/aromatic N) is 1. The Morgan fingerprint density at radius 2 is 2.06 bits per heavy atom. The normalized spacial score (nSPS) is 17.3. The molecule has 1 aliphatic rings. The van der Waals surface area contributed by atoms with Gasteiger partial charge >= 0.3 is 0 Å². The molecular formula is C14H19NO. The zero-order valence-corrected chi connectivity index (χ0v) is 9.91. The summed E-state index contributed by atoms with van der Waals surface area (Å²) >= 11 is 0. The van der Waals surface area contributed by atoms with Crippen LogP contribution in [-0.4, -0.2) is 10.8 Å². The maximum Gasteiger partial charge on any atom is 0.178 e. The van der Waals surface area contributed by atoms with Crippen molar-refractivity contribution in [3.63, 3.8) is 0 Å². The largest absolute Gasteiger partial charge is 0.293 e. The summed E-state index contributed by atoms with van der Waals surface area (Å²) in [6.45, 7) is 1.56. The number of rotatable bonds is 3. The fourth-order valence-electron chi connectivity index (χ4n) is 2.48. The molecule has 2 heteroatoms. The van der Waals surface area contributed by atoms with Gasteiger partial charge in [0.2, 0.25) is 0 Å². The van der Waals surface area contributed by atoms with Gasteiger partial charge in [-0.15, -0.1) is 0 Å². The Bertz CT molecular complexity index is 350. The van der Waals surface area contributed by atoms with E-state index in [0.717, 1.165) is 12.3 Å². The number of ketones is 1. The minimum absolute atomic E-state index is 0.0456. The number of pyridine rings is 1. The molecule has 16 heavy (non-hydrogen) atoms. The molecular weight excluding hydrogens is 198 g/mol. The maximum atomic E-state index is 11.1. The van der Waals surface area contributed by atoms with E-state index in [2.05, 4.69) is 11.1 Å². The van der Waals surface area contributed by atoms with E-state index >= 15 is 0 Å². The third-order valence-electron chi connectivity index (χ3n) is 3.43. The van der Waals surface area contributed by atoms with Crippen molar-refractivity contribution in [1.82, 2.24) is 4.98 Å². The van der Waals surface area contributed by atoms with Gasteiger partial charge in [-0.1, -0.05) is 38.2 Å². The van der Waals surface area contributed by atoms with Crippen LogP contribution in [0.2, 0.25) is 0 Å².